The van der Waals surface area contributed by atoms with Crippen LogP contribution in [0.5, 0.6) is 0 Å². The number of benzene rings is 1. The Balaban J connectivity index is 1.79. The minimum Gasteiger partial charge on any atom is -0.310 e. The van der Waals surface area contributed by atoms with Gasteiger partial charge in [-0.1, -0.05) is 41.9 Å². The van der Waals surface area contributed by atoms with Crippen molar-refractivity contribution in [2.75, 3.05) is 26.2 Å². The van der Waals surface area contributed by atoms with Gasteiger partial charge in [0, 0.05) is 17.1 Å². The second-order valence-electron chi connectivity index (χ2n) is 6.03. The molecule has 2 unspecified atom stereocenters. The number of hydrogen-bond acceptors (Lipinski definition) is 2. The van der Waals surface area contributed by atoms with Gasteiger partial charge < -0.3 is 10.2 Å². The van der Waals surface area contributed by atoms with E-state index in [9.17, 15) is 0 Å². The Morgan fingerprint density at radius 2 is 1.85 bits per heavy atom. The van der Waals surface area contributed by atoms with Crippen molar-refractivity contribution in [1.29, 1.82) is 0 Å². The lowest BCUT2D eigenvalue weighted by Gasteiger charge is -2.24. The predicted octanol–water partition coefficient (Wildman–Crippen LogP) is 4.22. The van der Waals surface area contributed by atoms with Crippen LogP contribution in [-0.2, 0) is 0 Å². The smallest absolute Gasteiger partial charge is 0.0317 e. The second kappa shape index (κ2) is 8.16. The highest BCUT2D eigenvalue weighted by Crippen LogP contribution is 2.20. The van der Waals surface area contributed by atoms with Gasteiger partial charge in [-0.05, 0) is 62.5 Å². The molecule has 0 spiro atoms. The zero-order valence-electron chi connectivity index (χ0n) is 12.7. The normalized spacial score (nSPS) is 19.1. The maximum atomic E-state index is 3.74. The summed E-state index contributed by atoms with van der Waals surface area (Å²) in [6.45, 7) is 9.56. The van der Waals surface area contributed by atoms with Gasteiger partial charge in [-0.15, -0.1) is 0 Å². The Kier molecular flexibility index (Phi) is 6.53. The van der Waals surface area contributed by atoms with Crippen molar-refractivity contribution in [1.82, 2.24) is 10.2 Å². The van der Waals surface area contributed by atoms with Crippen molar-refractivity contribution in [3.63, 3.8) is 0 Å². The van der Waals surface area contributed by atoms with Crippen molar-refractivity contribution in [2.45, 2.75) is 39.2 Å². The zero-order chi connectivity index (χ0) is 14.4. The molecule has 1 saturated heterocycles. The molecular weight excluding hydrogens is 312 g/mol. The van der Waals surface area contributed by atoms with Crippen LogP contribution in [-0.4, -0.2) is 31.1 Å². The predicted molar refractivity (Wildman–Crippen MR) is 90.0 cm³/mol. The van der Waals surface area contributed by atoms with E-state index in [1.54, 1.807) is 0 Å². The minimum atomic E-state index is 0.476. The van der Waals surface area contributed by atoms with E-state index in [-0.39, 0.29) is 0 Å². The molecule has 2 nitrogen and oxygen atoms in total. The SMILES string of the molecule is CCC(NCC(C)CN1CCCC1)c1ccc(Br)cc1. The topological polar surface area (TPSA) is 15.3 Å². The van der Waals surface area contributed by atoms with Crippen LogP contribution in [0.4, 0.5) is 0 Å². The fraction of sp³-hybridized carbons (Fsp3) is 0.647. The van der Waals surface area contributed by atoms with E-state index in [2.05, 4.69) is 64.3 Å². The van der Waals surface area contributed by atoms with Crippen LogP contribution in [0.25, 0.3) is 0 Å². The Morgan fingerprint density at radius 3 is 2.45 bits per heavy atom. The quantitative estimate of drug-likeness (QED) is 0.800. The molecule has 1 aliphatic heterocycles. The summed E-state index contributed by atoms with van der Waals surface area (Å²) in [6, 6.07) is 9.18. The summed E-state index contributed by atoms with van der Waals surface area (Å²) >= 11 is 3.50. The van der Waals surface area contributed by atoms with Crippen LogP contribution >= 0.6 is 15.9 Å². The summed E-state index contributed by atoms with van der Waals surface area (Å²) in [6.07, 6.45) is 3.91. The van der Waals surface area contributed by atoms with Gasteiger partial charge in [-0.2, -0.15) is 0 Å². The van der Waals surface area contributed by atoms with Gasteiger partial charge in [0.25, 0.3) is 0 Å². The molecular formula is C17H27BrN2. The maximum absolute atomic E-state index is 3.74. The van der Waals surface area contributed by atoms with E-state index >= 15 is 0 Å². The molecule has 2 rings (SSSR count). The molecule has 1 aromatic rings. The van der Waals surface area contributed by atoms with E-state index in [0.717, 1.165) is 23.4 Å². The molecule has 1 fully saturated rings. The molecule has 2 atom stereocenters. The molecule has 0 aliphatic carbocycles. The summed E-state index contributed by atoms with van der Waals surface area (Å²) in [5, 5.41) is 3.74. The maximum Gasteiger partial charge on any atom is 0.0317 e. The zero-order valence-corrected chi connectivity index (χ0v) is 14.3. The fourth-order valence-corrected chi connectivity index (χ4v) is 3.27. The lowest BCUT2D eigenvalue weighted by Crippen LogP contribution is -2.33. The van der Waals surface area contributed by atoms with Crippen molar-refractivity contribution < 1.29 is 0 Å². The third-order valence-corrected chi connectivity index (χ3v) is 4.69. The highest BCUT2D eigenvalue weighted by atomic mass is 79.9. The number of likely N-dealkylation sites (tertiary alicyclic amines) is 1. The average Bonchev–Trinajstić information content (AvgIpc) is 2.94. The van der Waals surface area contributed by atoms with Crippen molar-refractivity contribution in [3.8, 4) is 0 Å². The first-order chi connectivity index (χ1) is 9.69. The number of nitrogens with one attached hydrogen (secondary N) is 1. The van der Waals surface area contributed by atoms with E-state index in [4.69, 9.17) is 0 Å². The number of halogens is 1. The van der Waals surface area contributed by atoms with Crippen LogP contribution in [0, 0.1) is 5.92 Å². The van der Waals surface area contributed by atoms with Gasteiger partial charge in [0.1, 0.15) is 0 Å². The molecule has 1 aliphatic rings. The first-order valence-corrected chi connectivity index (χ1v) is 8.69. The summed E-state index contributed by atoms with van der Waals surface area (Å²) < 4.78 is 1.15. The molecule has 3 heteroatoms. The highest BCUT2D eigenvalue weighted by molar-refractivity contribution is 9.10. The summed E-state index contributed by atoms with van der Waals surface area (Å²) in [5.74, 6) is 0.720. The first-order valence-electron chi connectivity index (χ1n) is 7.90. The lowest BCUT2D eigenvalue weighted by molar-refractivity contribution is 0.277. The van der Waals surface area contributed by atoms with E-state index in [1.165, 1.54) is 38.0 Å². The van der Waals surface area contributed by atoms with E-state index in [0.29, 0.717) is 6.04 Å². The van der Waals surface area contributed by atoms with E-state index < -0.39 is 0 Å². The molecule has 0 radical (unpaired) electrons. The summed E-state index contributed by atoms with van der Waals surface area (Å²) in [5.41, 5.74) is 1.39. The van der Waals surface area contributed by atoms with Gasteiger partial charge in [-0.3, -0.25) is 0 Å². The van der Waals surface area contributed by atoms with Crippen LogP contribution in [0.15, 0.2) is 28.7 Å². The van der Waals surface area contributed by atoms with E-state index in [1.807, 2.05) is 0 Å². The van der Waals surface area contributed by atoms with Gasteiger partial charge in [0.15, 0.2) is 0 Å². The molecule has 20 heavy (non-hydrogen) atoms. The molecule has 1 heterocycles. The Bertz CT molecular complexity index is 384. The molecule has 1 N–H and O–H groups in total. The van der Waals surface area contributed by atoms with Gasteiger partial charge >= 0.3 is 0 Å². The van der Waals surface area contributed by atoms with Crippen LogP contribution in [0.2, 0.25) is 0 Å². The van der Waals surface area contributed by atoms with Crippen LogP contribution in [0.1, 0.15) is 44.7 Å². The van der Waals surface area contributed by atoms with Crippen molar-refractivity contribution >= 4 is 15.9 Å². The Labute approximate surface area is 132 Å². The standard InChI is InChI=1S/C17H27BrN2/c1-3-17(15-6-8-16(18)9-7-15)19-12-14(2)13-20-10-4-5-11-20/h6-9,14,17,19H,3-5,10-13H2,1-2H3. The lowest BCUT2D eigenvalue weighted by atomic mass is 10.0. The van der Waals surface area contributed by atoms with Gasteiger partial charge in [0.2, 0.25) is 0 Å². The second-order valence-corrected chi connectivity index (χ2v) is 6.95. The van der Waals surface area contributed by atoms with Crippen molar-refractivity contribution in [3.05, 3.63) is 34.3 Å². The number of nitrogens with zero attached hydrogens (tertiary/aromatic N) is 1. The molecule has 1 aromatic carbocycles. The minimum absolute atomic E-state index is 0.476. The average molecular weight is 339 g/mol. The summed E-state index contributed by atoms with van der Waals surface area (Å²) in [4.78, 5) is 2.60. The largest absolute Gasteiger partial charge is 0.310 e. The fourth-order valence-electron chi connectivity index (χ4n) is 3.01. The first kappa shape index (κ1) is 16.0. The highest BCUT2D eigenvalue weighted by Gasteiger charge is 2.16. The Morgan fingerprint density at radius 1 is 1.20 bits per heavy atom. The van der Waals surface area contributed by atoms with Gasteiger partial charge in [0.05, 0.1) is 0 Å². The molecule has 0 saturated carbocycles. The molecule has 0 amide bonds. The Hall–Kier alpha value is -0.380. The van der Waals surface area contributed by atoms with Crippen LogP contribution in [0.3, 0.4) is 0 Å². The summed E-state index contributed by atoms with van der Waals surface area (Å²) in [7, 11) is 0. The van der Waals surface area contributed by atoms with Crippen LogP contribution < -0.4 is 5.32 Å². The number of rotatable bonds is 7. The molecule has 0 aromatic heterocycles. The monoisotopic (exact) mass is 338 g/mol. The molecule has 0 bridgehead atoms. The number of hydrogen-bond donors (Lipinski definition) is 1. The third kappa shape index (κ3) is 4.87. The van der Waals surface area contributed by atoms with Crippen molar-refractivity contribution in [2.24, 2.45) is 5.92 Å². The third-order valence-electron chi connectivity index (χ3n) is 4.16. The molecule has 112 valence electrons. The van der Waals surface area contributed by atoms with Gasteiger partial charge in [-0.25, -0.2) is 0 Å².